The van der Waals surface area contributed by atoms with Crippen LogP contribution in [-0.2, 0) is 6.54 Å². The molecule has 0 aliphatic carbocycles. The summed E-state index contributed by atoms with van der Waals surface area (Å²) < 4.78 is 7.49. The maximum atomic E-state index is 6.26. The minimum absolute atomic E-state index is 0.271. The number of nitrogens with zero attached hydrogens (tertiary/aromatic N) is 2. The molecule has 1 aromatic heterocycles. The van der Waals surface area contributed by atoms with E-state index >= 15 is 0 Å². The van der Waals surface area contributed by atoms with E-state index in [9.17, 15) is 0 Å². The first-order valence-corrected chi connectivity index (χ1v) is 6.99. The SMILES string of the molecule is CCOc1ccccc1C(NN)c1c(Cl)cnn1CC. The van der Waals surface area contributed by atoms with E-state index in [2.05, 4.69) is 10.5 Å². The number of benzene rings is 1. The van der Waals surface area contributed by atoms with Gasteiger partial charge in [-0.2, -0.15) is 5.10 Å². The Labute approximate surface area is 123 Å². The lowest BCUT2D eigenvalue weighted by molar-refractivity contribution is 0.332. The third-order valence-corrected chi connectivity index (χ3v) is 3.39. The quantitative estimate of drug-likeness (QED) is 0.635. The lowest BCUT2D eigenvalue weighted by atomic mass is 10.0. The highest BCUT2D eigenvalue weighted by atomic mass is 35.5. The molecule has 0 amide bonds. The Morgan fingerprint density at radius 3 is 2.80 bits per heavy atom. The van der Waals surface area contributed by atoms with E-state index < -0.39 is 0 Å². The molecule has 6 heteroatoms. The van der Waals surface area contributed by atoms with Crippen LogP contribution in [0.5, 0.6) is 5.75 Å². The average molecular weight is 295 g/mol. The molecule has 0 saturated heterocycles. The molecule has 0 saturated carbocycles. The van der Waals surface area contributed by atoms with Gasteiger partial charge in [-0.3, -0.25) is 10.5 Å². The molecule has 2 rings (SSSR count). The monoisotopic (exact) mass is 294 g/mol. The van der Waals surface area contributed by atoms with Crippen LogP contribution in [0.2, 0.25) is 5.02 Å². The molecule has 1 unspecified atom stereocenters. The smallest absolute Gasteiger partial charge is 0.124 e. The summed E-state index contributed by atoms with van der Waals surface area (Å²) in [6.45, 7) is 5.27. The maximum absolute atomic E-state index is 6.26. The standard InChI is InChI=1S/C14H19ClN4O/c1-3-19-14(11(15)9-17-19)13(18-16)10-7-5-6-8-12(10)20-4-2/h5-9,13,18H,3-4,16H2,1-2H3. The second-order valence-electron chi connectivity index (χ2n) is 4.26. The summed E-state index contributed by atoms with van der Waals surface area (Å²) in [5.74, 6) is 6.54. The molecule has 5 nitrogen and oxygen atoms in total. The molecule has 2 aromatic rings. The fourth-order valence-electron chi connectivity index (χ4n) is 2.23. The second kappa shape index (κ2) is 6.74. The van der Waals surface area contributed by atoms with Gasteiger partial charge in [0.15, 0.2) is 0 Å². The van der Waals surface area contributed by atoms with Crippen LogP contribution in [0.4, 0.5) is 0 Å². The Bertz CT molecular complexity index is 570. The van der Waals surface area contributed by atoms with Gasteiger partial charge in [0.25, 0.3) is 0 Å². The molecule has 3 N–H and O–H groups in total. The summed E-state index contributed by atoms with van der Waals surface area (Å²) in [6, 6.07) is 7.50. The fraction of sp³-hybridized carbons (Fsp3) is 0.357. The molecule has 0 aliphatic heterocycles. The molecule has 108 valence electrons. The maximum Gasteiger partial charge on any atom is 0.124 e. The van der Waals surface area contributed by atoms with E-state index in [-0.39, 0.29) is 6.04 Å². The van der Waals surface area contributed by atoms with Crippen LogP contribution in [0.15, 0.2) is 30.5 Å². The van der Waals surface area contributed by atoms with E-state index in [1.165, 1.54) is 0 Å². The van der Waals surface area contributed by atoms with E-state index in [0.29, 0.717) is 11.6 Å². The summed E-state index contributed by atoms with van der Waals surface area (Å²) in [5.41, 5.74) is 4.59. The Kier molecular flexibility index (Phi) is 5.00. The van der Waals surface area contributed by atoms with Crippen molar-refractivity contribution in [1.29, 1.82) is 0 Å². The van der Waals surface area contributed by atoms with Crippen molar-refractivity contribution < 1.29 is 4.74 Å². The molecule has 0 fully saturated rings. The Morgan fingerprint density at radius 2 is 2.15 bits per heavy atom. The van der Waals surface area contributed by atoms with Crippen LogP contribution in [-0.4, -0.2) is 16.4 Å². The number of hydrogen-bond acceptors (Lipinski definition) is 4. The van der Waals surface area contributed by atoms with Gasteiger partial charge in [0.2, 0.25) is 0 Å². The highest BCUT2D eigenvalue weighted by Crippen LogP contribution is 2.33. The number of para-hydroxylation sites is 1. The van der Waals surface area contributed by atoms with Gasteiger partial charge in [0, 0.05) is 12.1 Å². The zero-order chi connectivity index (χ0) is 14.5. The Balaban J connectivity index is 2.49. The van der Waals surface area contributed by atoms with Gasteiger partial charge in [0.05, 0.1) is 29.6 Å². The van der Waals surface area contributed by atoms with Crippen LogP contribution in [0.3, 0.4) is 0 Å². The van der Waals surface area contributed by atoms with Gasteiger partial charge in [-0.15, -0.1) is 0 Å². The number of halogens is 1. The molecule has 1 aromatic carbocycles. The van der Waals surface area contributed by atoms with Gasteiger partial charge >= 0.3 is 0 Å². The first-order chi connectivity index (χ1) is 9.72. The van der Waals surface area contributed by atoms with E-state index in [0.717, 1.165) is 23.6 Å². The van der Waals surface area contributed by atoms with E-state index in [1.54, 1.807) is 6.20 Å². The number of nitrogens with two attached hydrogens (primary N) is 1. The van der Waals surface area contributed by atoms with Gasteiger partial charge in [0.1, 0.15) is 5.75 Å². The highest BCUT2D eigenvalue weighted by Gasteiger charge is 2.23. The first-order valence-electron chi connectivity index (χ1n) is 6.61. The predicted octanol–water partition coefficient (Wildman–Crippen LogP) is 2.51. The van der Waals surface area contributed by atoms with Crippen molar-refractivity contribution >= 4 is 11.6 Å². The van der Waals surface area contributed by atoms with Crippen molar-refractivity contribution in [3.8, 4) is 5.75 Å². The molecule has 0 spiro atoms. The molecular formula is C14H19ClN4O. The fourth-order valence-corrected chi connectivity index (χ4v) is 2.48. The van der Waals surface area contributed by atoms with Gasteiger partial charge in [-0.05, 0) is 19.9 Å². The van der Waals surface area contributed by atoms with E-state index in [4.69, 9.17) is 22.2 Å². The second-order valence-corrected chi connectivity index (χ2v) is 4.67. The summed E-state index contributed by atoms with van der Waals surface area (Å²) in [7, 11) is 0. The summed E-state index contributed by atoms with van der Waals surface area (Å²) >= 11 is 6.26. The molecular weight excluding hydrogens is 276 g/mol. The number of aryl methyl sites for hydroxylation is 1. The van der Waals surface area contributed by atoms with Crippen molar-refractivity contribution in [2.24, 2.45) is 5.84 Å². The topological polar surface area (TPSA) is 65.1 Å². The van der Waals surface area contributed by atoms with Crippen LogP contribution >= 0.6 is 11.6 Å². The molecule has 20 heavy (non-hydrogen) atoms. The number of rotatable bonds is 6. The van der Waals surface area contributed by atoms with Crippen LogP contribution < -0.4 is 16.0 Å². The normalized spacial score (nSPS) is 12.4. The van der Waals surface area contributed by atoms with Gasteiger partial charge in [-0.1, -0.05) is 29.8 Å². The van der Waals surface area contributed by atoms with Crippen molar-refractivity contribution in [2.75, 3.05) is 6.61 Å². The lowest BCUT2D eigenvalue weighted by Gasteiger charge is -2.21. The molecule has 0 bridgehead atoms. The number of ether oxygens (including phenoxy) is 1. The van der Waals surface area contributed by atoms with Crippen molar-refractivity contribution in [3.05, 3.63) is 46.7 Å². The Hall–Kier alpha value is -1.56. The minimum Gasteiger partial charge on any atom is -0.494 e. The van der Waals surface area contributed by atoms with Gasteiger partial charge in [-0.25, -0.2) is 5.43 Å². The third kappa shape index (κ3) is 2.80. The minimum atomic E-state index is -0.271. The first kappa shape index (κ1) is 14.8. The zero-order valence-electron chi connectivity index (χ0n) is 11.6. The summed E-state index contributed by atoms with van der Waals surface area (Å²) in [5, 5.41) is 4.84. The lowest BCUT2D eigenvalue weighted by Crippen LogP contribution is -2.31. The number of nitrogens with one attached hydrogen (secondary N) is 1. The van der Waals surface area contributed by atoms with Crippen LogP contribution in [0.25, 0.3) is 0 Å². The summed E-state index contributed by atoms with van der Waals surface area (Å²) in [4.78, 5) is 0. The van der Waals surface area contributed by atoms with Crippen molar-refractivity contribution in [3.63, 3.8) is 0 Å². The number of hydrogen-bond donors (Lipinski definition) is 2. The van der Waals surface area contributed by atoms with Crippen molar-refractivity contribution in [1.82, 2.24) is 15.2 Å². The molecule has 1 heterocycles. The predicted molar refractivity (Wildman–Crippen MR) is 79.7 cm³/mol. The molecule has 0 radical (unpaired) electrons. The molecule has 0 aliphatic rings. The van der Waals surface area contributed by atoms with Crippen LogP contribution in [0.1, 0.15) is 31.1 Å². The Morgan fingerprint density at radius 1 is 1.40 bits per heavy atom. The number of hydrazine groups is 1. The highest BCUT2D eigenvalue weighted by molar-refractivity contribution is 6.31. The summed E-state index contributed by atoms with van der Waals surface area (Å²) in [6.07, 6.45) is 1.63. The third-order valence-electron chi connectivity index (χ3n) is 3.10. The van der Waals surface area contributed by atoms with Gasteiger partial charge < -0.3 is 4.74 Å². The van der Waals surface area contributed by atoms with Crippen LogP contribution in [0, 0.1) is 0 Å². The molecule has 1 atom stereocenters. The largest absolute Gasteiger partial charge is 0.494 e. The number of aromatic nitrogens is 2. The zero-order valence-corrected chi connectivity index (χ0v) is 12.4. The van der Waals surface area contributed by atoms with E-state index in [1.807, 2.05) is 42.8 Å². The average Bonchev–Trinajstić information content (AvgIpc) is 2.83. The van der Waals surface area contributed by atoms with Crippen molar-refractivity contribution in [2.45, 2.75) is 26.4 Å².